The second-order valence-electron chi connectivity index (χ2n) is 27.5. The van der Waals surface area contributed by atoms with E-state index in [4.69, 9.17) is 0 Å². The minimum absolute atomic E-state index is 0.434. The van der Waals surface area contributed by atoms with Crippen LogP contribution in [0.1, 0.15) is 228 Å². The zero-order valence-electron chi connectivity index (χ0n) is 50.2. The number of aliphatic imine (C=N–C) groups is 1. The number of unbranched alkanes of at least 4 members (excludes halogenated alkanes) is 1. The molecular formula is C60H125N7. The lowest BCUT2D eigenvalue weighted by atomic mass is 9.89. The van der Waals surface area contributed by atoms with E-state index in [1.807, 2.05) is 18.7 Å². The van der Waals surface area contributed by atoms with E-state index in [2.05, 4.69) is 207 Å². The normalized spacial score (nSPS) is 15.0. The molecule has 1 fully saturated rings. The summed E-state index contributed by atoms with van der Waals surface area (Å²) in [4.78, 5) is 17.7. The molecule has 0 radical (unpaired) electrons. The Morgan fingerprint density at radius 1 is 0.522 bits per heavy atom. The third-order valence-corrected chi connectivity index (χ3v) is 11.6. The SMILES string of the molecule is CC(C)(C)CCCN1C=NCC1.CC(C)(C)CCc1ccncc1.CCCCC(C)(C)C.CCCNCCCC(C)(C)C.CN(C)CCCC(C)(C)C.CN1CCN(CCCC(C)(C)C)CC1. The summed E-state index contributed by atoms with van der Waals surface area (Å²) in [5.41, 5.74) is 4.38. The van der Waals surface area contributed by atoms with Crippen molar-refractivity contribution in [2.24, 2.45) is 37.5 Å². The maximum atomic E-state index is 4.18. The van der Waals surface area contributed by atoms with Gasteiger partial charge in [0.1, 0.15) is 0 Å². The van der Waals surface area contributed by atoms with Crippen LogP contribution < -0.4 is 5.32 Å². The van der Waals surface area contributed by atoms with Crippen LogP contribution in [0.15, 0.2) is 29.5 Å². The van der Waals surface area contributed by atoms with E-state index in [-0.39, 0.29) is 0 Å². The molecule has 0 aliphatic carbocycles. The average molecular weight is 945 g/mol. The molecular weight excluding hydrogens is 819 g/mol. The second kappa shape index (κ2) is 38.2. The Morgan fingerprint density at radius 3 is 1.37 bits per heavy atom. The van der Waals surface area contributed by atoms with E-state index in [1.165, 1.54) is 148 Å². The number of likely N-dealkylation sites (N-methyl/N-ethyl adjacent to an activating group) is 1. The monoisotopic (exact) mass is 944 g/mol. The van der Waals surface area contributed by atoms with Crippen molar-refractivity contribution in [3.63, 3.8) is 0 Å². The van der Waals surface area contributed by atoms with Gasteiger partial charge in [-0.05, 0) is 175 Å². The highest BCUT2D eigenvalue weighted by Gasteiger charge is 2.16. The Labute approximate surface area is 423 Å². The lowest BCUT2D eigenvalue weighted by Gasteiger charge is -2.32. The Kier molecular flexibility index (Phi) is 39.7. The van der Waals surface area contributed by atoms with Gasteiger partial charge in [-0.25, -0.2) is 0 Å². The molecule has 0 unspecified atom stereocenters. The van der Waals surface area contributed by atoms with E-state index in [9.17, 15) is 0 Å². The number of aromatic nitrogens is 1. The standard InChI is InChI=1S/C12H26N2.C11H17N.C10H20N2.C10H23N.C9H21N.C8H18/c1-12(2,3)6-5-7-14-10-8-13(4)9-11-14;1-11(2,3)7-4-10-5-8-12-9-6-10;1-10(2,3)5-4-7-12-8-6-11-9-12;1-5-8-11-9-6-7-10(2,3)4;1-9(2,3)7-6-8-10(4)5;1-5-6-7-8(2,3)4/h5-11H2,1-4H3;5-6,8-9H,4,7H2,1-3H3;9H,4-8H2,1-3H3;11H,5-9H2,1-4H3;6-8H2,1-5H3;5-7H2,1-4H3. The van der Waals surface area contributed by atoms with Crippen LogP contribution in [0.5, 0.6) is 0 Å². The first-order chi connectivity index (χ1) is 30.7. The highest BCUT2D eigenvalue weighted by Crippen LogP contribution is 2.24. The number of rotatable bonds is 18. The number of hydrogen-bond acceptors (Lipinski definition) is 7. The molecule has 67 heavy (non-hydrogen) atoms. The van der Waals surface area contributed by atoms with Crippen LogP contribution in [-0.4, -0.2) is 124 Å². The molecule has 7 heteroatoms. The zero-order valence-corrected chi connectivity index (χ0v) is 50.2. The molecule has 0 amide bonds. The summed E-state index contributed by atoms with van der Waals surface area (Å²) in [6.45, 7) is 59.0. The average Bonchev–Trinajstić information content (AvgIpc) is 3.70. The molecule has 0 saturated carbocycles. The third kappa shape index (κ3) is 62.4. The fourth-order valence-corrected chi connectivity index (χ4v) is 7.05. The maximum absolute atomic E-state index is 4.18. The number of hydrogen-bond donors (Lipinski definition) is 1. The predicted molar refractivity (Wildman–Crippen MR) is 306 cm³/mol. The lowest BCUT2D eigenvalue weighted by Crippen LogP contribution is -2.44. The van der Waals surface area contributed by atoms with Gasteiger partial charge in [0.25, 0.3) is 0 Å². The largest absolute Gasteiger partial charge is 0.361 e. The van der Waals surface area contributed by atoms with E-state index in [0.29, 0.717) is 32.5 Å². The van der Waals surface area contributed by atoms with Crippen LogP contribution in [0.3, 0.4) is 0 Å². The number of nitrogens with one attached hydrogen (secondary N) is 1. The Hall–Kier alpha value is -1.54. The summed E-state index contributed by atoms with van der Waals surface area (Å²) in [6, 6.07) is 4.18. The molecule has 2 aliphatic heterocycles. The van der Waals surface area contributed by atoms with Crippen LogP contribution in [-0.2, 0) is 6.42 Å². The fraction of sp³-hybridized carbons (Fsp3) is 0.900. The number of piperazine rings is 1. The van der Waals surface area contributed by atoms with Gasteiger partial charge >= 0.3 is 0 Å². The molecule has 1 aromatic rings. The van der Waals surface area contributed by atoms with E-state index < -0.39 is 0 Å². The summed E-state index contributed by atoms with van der Waals surface area (Å²) < 4.78 is 0. The summed E-state index contributed by atoms with van der Waals surface area (Å²) in [5.74, 6) is 0. The van der Waals surface area contributed by atoms with Crippen molar-refractivity contribution in [2.75, 3.05) is 93.1 Å². The minimum Gasteiger partial charge on any atom is -0.361 e. The van der Waals surface area contributed by atoms with Gasteiger partial charge in [0.2, 0.25) is 0 Å². The van der Waals surface area contributed by atoms with Crippen LogP contribution in [0.4, 0.5) is 0 Å². The molecule has 1 aromatic heterocycles. The van der Waals surface area contributed by atoms with Gasteiger partial charge in [0.15, 0.2) is 0 Å². The molecule has 7 nitrogen and oxygen atoms in total. The van der Waals surface area contributed by atoms with Crippen LogP contribution in [0.2, 0.25) is 0 Å². The highest BCUT2D eigenvalue weighted by atomic mass is 15.2. The molecule has 0 aromatic carbocycles. The summed E-state index contributed by atoms with van der Waals surface area (Å²) >= 11 is 0. The van der Waals surface area contributed by atoms with Crippen molar-refractivity contribution >= 4 is 6.34 Å². The first kappa shape index (κ1) is 69.7. The van der Waals surface area contributed by atoms with E-state index in [1.54, 1.807) is 0 Å². The third-order valence-electron chi connectivity index (χ3n) is 11.6. The van der Waals surface area contributed by atoms with Crippen LogP contribution >= 0.6 is 0 Å². The molecule has 0 bridgehead atoms. The van der Waals surface area contributed by atoms with Crippen molar-refractivity contribution < 1.29 is 0 Å². The maximum Gasteiger partial charge on any atom is 0.0851 e. The van der Waals surface area contributed by atoms with Gasteiger partial charge in [-0.1, -0.05) is 151 Å². The van der Waals surface area contributed by atoms with Gasteiger partial charge in [0, 0.05) is 51.7 Å². The number of pyridine rings is 1. The fourth-order valence-electron chi connectivity index (χ4n) is 7.05. The second-order valence-corrected chi connectivity index (χ2v) is 27.5. The molecule has 2 aliphatic rings. The predicted octanol–water partition coefficient (Wildman–Crippen LogP) is 15.7. The molecule has 0 atom stereocenters. The number of nitrogens with zero attached hydrogens (tertiary/aromatic N) is 6. The topological polar surface area (TPSA) is 50.2 Å². The van der Waals surface area contributed by atoms with Gasteiger partial charge in [-0.15, -0.1) is 0 Å². The molecule has 3 heterocycles. The molecule has 3 rings (SSSR count). The van der Waals surface area contributed by atoms with Crippen molar-refractivity contribution in [1.82, 2.24) is 29.9 Å². The lowest BCUT2D eigenvalue weighted by molar-refractivity contribution is 0.147. The molecule has 400 valence electrons. The summed E-state index contributed by atoms with van der Waals surface area (Å²) in [5, 5.41) is 3.41. The minimum atomic E-state index is 0.434. The molecule has 1 saturated heterocycles. The Morgan fingerprint density at radius 2 is 0.970 bits per heavy atom. The quantitative estimate of drug-likeness (QED) is 0.148. The highest BCUT2D eigenvalue weighted by molar-refractivity contribution is 5.56. The van der Waals surface area contributed by atoms with Crippen molar-refractivity contribution in [3.05, 3.63) is 30.1 Å². The van der Waals surface area contributed by atoms with E-state index in [0.717, 1.165) is 19.5 Å². The number of aryl methyl sites for hydroxylation is 1. The van der Waals surface area contributed by atoms with Gasteiger partial charge in [0.05, 0.1) is 12.9 Å². The molecule has 1 N–H and O–H groups in total. The van der Waals surface area contributed by atoms with Gasteiger partial charge in [-0.2, -0.15) is 0 Å². The van der Waals surface area contributed by atoms with Gasteiger partial charge in [-0.3, -0.25) is 9.98 Å². The first-order valence-corrected chi connectivity index (χ1v) is 27.6. The van der Waals surface area contributed by atoms with Crippen molar-refractivity contribution in [1.29, 1.82) is 0 Å². The van der Waals surface area contributed by atoms with Crippen molar-refractivity contribution in [2.45, 2.75) is 228 Å². The van der Waals surface area contributed by atoms with Crippen molar-refractivity contribution in [3.8, 4) is 0 Å². The van der Waals surface area contributed by atoms with Crippen LogP contribution in [0, 0.1) is 32.5 Å². The molecule has 0 spiro atoms. The summed E-state index contributed by atoms with van der Waals surface area (Å²) in [6.07, 6.45) is 24.0. The Bertz CT molecular complexity index is 1230. The summed E-state index contributed by atoms with van der Waals surface area (Å²) in [7, 11) is 6.47. The zero-order chi connectivity index (χ0) is 52.2. The van der Waals surface area contributed by atoms with Crippen LogP contribution in [0.25, 0.3) is 0 Å². The van der Waals surface area contributed by atoms with E-state index >= 15 is 0 Å². The Balaban J connectivity index is -0.000000740. The first-order valence-electron chi connectivity index (χ1n) is 27.6. The van der Waals surface area contributed by atoms with Gasteiger partial charge < -0.3 is 24.9 Å². The smallest absolute Gasteiger partial charge is 0.0851 e.